The summed E-state index contributed by atoms with van der Waals surface area (Å²) in [5.74, 6) is 2.17. The van der Waals surface area contributed by atoms with Crippen molar-refractivity contribution in [3.05, 3.63) is 35.9 Å². The van der Waals surface area contributed by atoms with Gasteiger partial charge in [0.05, 0.1) is 5.52 Å². The summed E-state index contributed by atoms with van der Waals surface area (Å²) in [5.41, 5.74) is 7.82. The number of hydrogen-bond donors (Lipinski definition) is 1. The first kappa shape index (κ1) is 19.2. The Bertz CT molecular complexity index is 1160. The van der Waals surface area contributed by atoms with E-state index >= 15 is 0 Å². The van der Waals surface area contributed by atoms with E-state index in [9.17, 15) is 0 Å². The maximum Gasteiger partial charge on any atom is 0.265 e. The Morgan fingerprint density at radius 1 is 1.23 bits per heavy atom. The van der Waals surface area contributed by atoms with Gasteiger partial charge >= 0.3 is 0 Å². The zero-order chi connectivity index (χ0) is 20.9. The Hall–Kier alpha value is -2.76. The van der Waals surface area contributed by atoms with E-state index < -0.39 is 0 Å². The van der Waals surface area contributed by atoms with Crippen LogP contribution < -0.4 is 5.43 Å². The molecular weight excluding hydrogens is 372 g/mol. The molecule has 2 aromatic heterocycles. The molecule has 2 aliphatic rings. The molecule has 3 atom stereocenters. The Kier molecular flexibility index (Phi) is 4.60. The summed E-state index contributed by atoms with van der Waals surface area (Å²) in [4.78, 5) is 4.66. The number of nitrogens with one attached hydrogen (secondary N) is 1. The van der Waals surface area contributed by atoms with Crippen molar-refractivity contribution >= 4 is 34.2 Å². The average Bonchev–Trinajstić information content (AvgIpc) is 3.01. The number of benzene rings is 1. The molecule has 0 saturated heterocycles. The van der Waals surface area contributed by atoms with Crippen LogP contribution in [0.15, 0.2) is 41.0 Å². The third-order valence-electron chi connectivity index (χ3n) is 7.32. The Labute approximate surface area is 177 Å². The molecule has 0 bridgehead atoms. The van der Waals surface area contributed by atoms with Crippen LogP contribution in [0.5, 0.6) is 0 Å². The molecule has 0 aliphatic heterocycles. The molecule has 3 aromatic rings. The van der Waals surface area contributed by atoms with Crippen LogP contribution in [-0.4, -0.2) is 26.0 Å². The highest BCUT2D eigenvalue weighted by atomic mass is 15.4. The van der Waals surface area contributed by atoms with Gasteiger partial charge in [0.2, 0.25) is 0 Å². The molecule has 0 amide bonds. The van der Waals surface area contributed by atoms with Crippen molar-refractivity contribution in [2.45, 2.75) is 46.5 Å². The highest BCUT2D eigenvalue weighted by molar-refractivity contribution is 6.04. The molecule has 30 heavy (non-hydrogen) atoms. The fourth-order valence-electron chi connectivity index (χ4n) is 5.42. The molecule has 0 radical (unpaired) electrons. The normalized spacial score (nSPS) is 26.1. The quantitative estimate of drug-likeness (QED) is 0.366. The summed E-state index contributed by atoms with van der Waals surface area (Å²) < 4.78 is 2.05. The van der Waals surface area contributed by atoms with Crippen LogP contribution in [-0.2, 0) is 7.05 Å². The second-order valence-corrected chi connectivity index (χ2v) is 9.71. The van der Waals surface area contributed by atoms with Crippen LogP contribution in [0, 0.1) is 23.2 Å². The fraction of sp³-hybridized carbons (Fsp3) is 0.500. The highest BCUT2D eigenvalue weighted by Gasteiger charge is 2.40. The number of rotatable bonds is 3. The molecule has 1 N–H and O–H groups in total. The van der Waals surface area contributed by atoms with Crippen molar-refractivity contribution in [1.29, 1.82) is 0 Å². The summed E-state index contributed by atoms with van der Waals surface area (Å²) in [6, 6.07) is 8.17. The Morgan fingerprint density at radius 2 is 2.07 bits per heavy atom. The van der Waals surface area contributed by atoms with Crippen LogP contribution in [0.2, 0.25) is 0 Å². The molecule has 2 heterocycles. The van der Waals surface area contributed by atoms with Gasteiger partial charge in [0.15, 0.2) is 5.65 Å². The first-order chi connectivity index (χ1) is 14.4. The molecule has 1 fully saturated rings. The summed E-state index contributed by atoms with van der Waals surface area (Å²) in [6.07, 6.45) is 9.43. The van der Waals surface area contributed by atoms with Gasteiger partial charge in [-0.2, -0.15) is 10.1 Å². The minimum Gasteiger partial charge on any atom is -0.327 e. The van der Waals surface area contributed by atoms with Gasteiger partial charge in [-0.05, 0) is 54.9 Å². The number of aromatic nitrogens is 4. The van der Waals surface area contributed by atoms with E-state index in [2.05, 4.69) is 75.5 Å². The van der Waals surface area contributed by atoms with Crippen LogP contribution in [0.1, 0.15) is 46.5 Å². The molecule has 6 nitrogen and oxygen atoms in total. The predicted molar refractivity (Wildman–Crippen MR) is 122 cm³/mol. The van der Waals surface area contributed by atoms with Gasteiger partial charge in [0.1, 0.15) is 5.52 Å². The van der Waals surface area contributed by atoms with Crippen LogP contribution in [0.4, 0.5) is 5.95 Å². The molecule has 1 saturated carbocycles. The predicted octanol–water partition coefficient (Wildman–Crippen LogP) is 5.32. The van der Waals surface area contributed by atoms with E-state index in [4.69, 9.17) is 0 Å². The topological polar surface area (TPSA) is 68.0 Å². The van der Waals surface area contributed by atoms with E-state index in [0.29, 0.717) is 29.1 Å². The lowest BCUT2D eigenvalue weighted by Gasteiger charge is -2.46. The maximum atomic E-state index is 4.66. The molecule has 156 valence electrons. The van der Waals surface area contributed by atoms with Crippen molar-refractivity contribution in [3.8, 4) is 0 Å². The average molecular weight is 403 g/mol. The van der Waals surface area contributed by atoms with E-state index in [1.807, 2.05) is 19.2 Å². The Morgan fingerprint density at radius 3 is 2.93 bits per heavy atom. The number of hydrazone groups is 1. The number of para-hydroxylation sites is 1. The standard InChI is InChI=1S/C24H30N6/c1-15-12-16-8-7-11-24(2,3)19(16)13-17(15)14-25-28-23-26-22-21(27-29-23)18-9-5-6-10-20(18)30(22)4/h5-6,8-10,14-15,17,19H,7,11-13H2,1-4H3,(H,26,28,29)/t15-,17+,19-/m1/s1. The molecule has 0 unspecified atom stereocenters. The van der Waals surface area contributed by atoms with Gasteiger partial charge in [-0.3, -0.25) is 0 Å². The lowest BCUT2D eigenvalue weighted by molar-refractivity contribution is 0.149. The SMILES string of the molecule is C[C@@H]1CC2=CCCC(C)(C)[C@@H]2C[C@H]1C=NNc1nnc2c3ccccc3n(C)c2n1. The minimum absolute atomic E-state index is 0.385. The zero-order valence-electron chi connectivity index (χ0n) is 18.3. The summed E-state index contributed by atoms with van der Waals surface area (Å²) in [5, 5.41) is 14.3. The first-order valence-corrected chi connectivity index (χ1v) is 11.0. The molecule has 1 aromatic carbocycles. The fourth-order valence-corrected chi connectivity index (χ4v) is 5.42. The lowest BCUT2D eigenvalue weighted by Crippen LogP contribution is -2.36. The largest absolute Gasteiger partial charge is 0.327 e. The van der Waals surface area contributed by atoms with Gasteiger partial charge < -0.3 is 4.57 Å². The highest BCUT2D eigenvalue weighted by Crippen LogP contribution is 2.50. The molecule has 5 rings (SSSR count). The zero-order valence-corrected chi connectivity index (χ0v) is 18.3. The second-order valence-electron chi connectivity index (χ2n) is 9.71. The molecule has 0 spiro atoms. The third-order valence-corrected chi connectivity index (χ3v) is 7.32. The van der Waals surface area contributed by atoms with Gasteiger partial charge in [-0.15, -0.1) is 10.2 Å². The number of hydrogen-bond acceptors (Lipinski definition) is 5. The summed E-state index contributed by atoms with van der Waals surface area (Å²) >= 11 is 0. The van der Waals surface area contributed by atoms with E-state index in [1.165, 1.54) is 25.7 Å². The number of anilines is 1. The van der Waals surface area contributed by atoms with Crippen molar-refractivity contribution in [1.82, 2.24) is 19.7 Å². The van der Waals surface area contributed by atoms with Crippen LogP contribution >= 0.6 is 0 Å². The molecular formula is C24H30N6. The van der Waals surface area contributed by atoms with E-state index in [0.717, 1.165) is 22.1 Å². The van der Waals surface area contributed by atoms with Gasteiger partial charge in [-0.1, -0.05) is 50.6 Å². The van der Waals surface area contributed by atoms with Crippen LogP contribution in [0.25, 0.3) is 22.1 Å². The van der Waals surface area contributed by atoms with Crippen LogP contribution in [0.3, 0.4) is 0 Å². The van der Waals surface area contributed by atoms with Gasteiger partial charge in [0.25, 0.3) is 5.95 Å². The summed E-state index contributed by atoms with van der Waals surface area (Å²) in [6.45, 7) is 7.19. The first-order valence-electron chi connectivity index (χ1n) is 11.0. The van der Waals surface area contributed by atoms with Crippen molar-refractivity contribution in [3.63, 3.8) is 0 Å². The van der Waals surface area contributed by atoms with Gasteiger partial charge in [-0.25, -0.2) is 5.43 Å². The Balaban J connectivity index is 1.35. The number of allylic oxidation sites excluding steroid dienone is 2. The number of aryl methyl sites for hydroxylation is 1. The summed E-state index contributed by atoms with van der Waals surface area (Å²) in [7, 11) is 2.01. The number of nitrogens with zero attached hydrogens (tertiary/aromatic N) is 5. The van der Waals surface area contributed by atoms with E-state index in [-0.39, 0.29) is 0 Å². The maximum absolute atomic E-state index is 4.66. The monoisotopic (exact) mass is 402 g/mol. The molecule has 6 heteroatoms. The molecule has 2 aliphatic carbocycles. The van der Waals surface area contributed by atoms with Crippen molar-refractivity contribution < 1.29 is 0 Å². The van der Waals surface area contributed by atoms with Gasteiger partial charge in [0, 0.05) is 18.6 Å². The third kappa shape index (κ3) is 3.18. The van der Waals surface area contributed by atoms with E-state index in [1.54, 1.807) is 5.57 Å². The van der Waals surface area contributed by atoms with Crippen molar-refractivity contribution in [2.75, 3.05) is 5.43 Å². The lowest BCUT2D eigenvalue weighted by atomic mass is 9.59. The number of fused-ring (bicyclic) bond motifs is 4. The van der Waals surface area contributed by atoms with Crippen molar-refractivity contribution in [2.24, 2.45) is 35.3 Å². The smallest absolute Gasteiger partial charge is 0.265 e. The minimum atomic E-state index is 0.385. The second kappa shape index (κ2) is 7.18.